The van der Waals surface area contributed by atoms with Crippen LogP contribution in [0.1, 0.15) is 22.3 Å². The molecule has 21 heavy (non-hydrogen) atoms. The zero-order valence-electron chi connectivity index (χ0n) is 11.2. The number of carbonyl (C=O) groups excluding carboxylic acids is 1. The van der Waals surface area contributed by atoms with E-state index in [1.165, 1.54) is 0 Å². The summed E-state index contributed by atoms with van der Waals surface area (Å²) in [5.74, 6) is 0.924. The quantitative estimate of drug-likeness (QED) is 0.782. The number of hydrogen-bond acceptors (Lipinski definition) is 8. The number of rotatable bonds is 5. The van der Waals surface area contributed by atoms with Gasteiger partial charge in [0.1, 0.15) is 6.61 Å². The number of nitrogens with zero attached hydrogens (tertiary/aromatic N) is 2. The highest BCUT2D eigenvalue weighted by Gasteiger charge is 2.16. The summed E-state index contributed by atoms with van der Waals surface area (Å²) in [5, 5.41) is 8.02. The fraction of sp³-hybridized carbons (Fsp3) is 0.308. The summed E-state index contributed by atoms with van der Waals surface area (Å²) in [6, 6.07) is 5.54. The average molecular weight is 308 g/mol. The van der Waals surface area contributed by atoms with Gasteiger partial charge in [0.05, 0.1) is 6.61 Å². The van der Waals surface area contributed by atoms with Gasteiger partial charge in [-0.25, -0.2) is 4.79 Å². The average Bonchev–Trinajstić information content (AvgIpc) is 3.14. The molecule has 0 aliphatic carbocycles. The zero-order chi connectivity index (χ0) is 14.7. The molecule has 0 saturated heterocycles. The molecule has 110 valence electrons. The van der Waals surface area contributed by atoms with E-state index in [1.54, 1.807) is 6.92 Å². The fourth-order valence-electron chi connectivity index (χ4n) is 1.72. The molecule has 2 aromatic rings. The van der Waals surface area contributed by atoms with Crippen LogP contribution in [0.4, 0.5) is 0 Å². The highest BCUT2D eigenvalue weighted by molar-refractivity contribution is 7.14. The smallest absolute Gasteiger partial charge is 0.369 e. The molecule has 1 aromatic carbocycles. The van der Waals surface area contributed by atoms with Gasteiger partial charge >= 0.3 is 5.97 Å². The third-order valence-corrected chi connectivity index (χ3v) is 3.47. The van der Waals surface area contributed by atoms with Gasteiger partial charge in [-0.15, -0.1) is 5.10 Å². The highest BCUT2D eigenvalue weighted by Crippen LogP contribution is 2.32. The van der Waals surface area contributed by atoms with Crippen LogP contribution in [0.5, 0.6) is 16.7 Å². The van der Waals surface area contributed by atoms with Crippen LogP contribution in [-0.2, 0) is 11.3 Å². The molecule has 2 heterocycles. The Morgan fingerprint density at radius 3 is 3.05 bits per heavy atom. The third kappa shape index (κ3) is 3.05. The van der Waals surface area contributed by atoms with Gasteiger partial charge in [0.15, 0.2) is 11.5 Å². The van der Waals surface area contributed by atoms with Gasteiger partial charge in [-0.05, 0) is 36.0 Å². The van der Waals surface area contributed by atoms with Crippen molar-refractivity contribution in [3.8, 4) is 16.7 Å². The first-order valence-electron chi connectivity index (χ1n) is 6.28. The van der Waals surface area contributed by atoms with Gasteiger partial charge in [0, 0.05) is 0 Å². The molecule has 0 amide bonds. The summed E-state index contributed by atoms with van der Waals surface area (Å²) in [4.78, 5) is 11.5. The molecule has 8 heteroatoms. The first kappa shape index (κ1) is 13.6. The van der Waals surface area contributed by atoms with E-state index in [0.29, 0.717) is 24.2 Å². The summed E-state index contributed by atoms with van der Waals surface area (Å²) >= 11 is 1.05. The van der Waals surface area contributed by atoms with Crippen molar-refractivity contribution in [1.82, 2.24) is 10.2 Å². The molecule has 0 N–H and O–H groups in total. The summed E-state index contributed by atoms with van der Waals surface area (Å²) < 4.78 is 20.9. The SMILES string of the molecule is CCOC(=O)c1nnc(OCc2ccc3c(c2)OCO3)s1. The van der Waals surface area contributed by atoms with Crippen molar-refractivity contribution in [3.05, 3.63) is 28.8 Å². The Kier molecular flexibility index (Phi) is 3.87. The minimum absolute atomic E-state index is 0.178. The Morgan fingerprint density at radius 2 is 2.19 bits per heavy atom. The second-order valence-electron chi connectivity index (χ2n) is 4.07. The van der Waals surface area contributed by atoms with Crippen molar-refractivity contribution in [1.29, 1.82) is 0 Å². The lowest BCUT2D eigenvalue weighted by atomic mass is 10.2. The minimum Gasteiger partial charge on any atom is -0.464 e. The number of carbonyl (C=O) groups is 1. The Labute approximate surface area is 124 Å². The van der Waals surface area contributed by atoms with Crippen LogP contribution in [0.25, 0.3) is 0 Å². The third-order valence-electron chi connectivity index (χ3n) is 2.66. The number of benzene rings is 1. The highest BCUT2D eigenvalue weighted by atomic mass is 32.1. The van der Waals surface area contributed by atoms with Gasteiger partial charge in [-0.2, -0.15) is 0 Å². The Balaban J connectivity index is 1.61. The van der Waals surface area contributed by atoms with Crippen molar-refractivity contribution >= 4 is 17.3 Å². The van der Waals surface area contributed by atoms with E-state index >= 15 is 0 Å². The van der Waals surface area contributed by atoms with Gasteiger partial charge < -0.3 is 18.9 Å². The lowest BCUT2D eigenvalue weighted by Crippen LogP contribution is -2.03. The zero-order valence-corrected chi connectivity index (χ0v) is 12.0. The van der Waals surface area contributed by atoms with Crippen molar-refractivity contribution in [2.45, 2.75) is 13.5 Å². The number of fused-ring (bicyclic) bond motifs is 1. The Hall–Kier alpha value is -2.35. The number of hydrogen-bond donors (Lipinski definition) is 0. The predicted molar refractivity (Wildman–Crippen MR) is 72.8 cm³/mol. The van der Waals surface area contributed by atoms with Crippen molar-refractivity contribution < 1.29 is 23.7 Å². The molecule has 3 rings (SSSR count). The van der Waals surface area contributed by atoms with Crippen LogP contribution in [-0.4, -0.2) is 29.6 Å². The second kappa shape index (κ2) is 5.96. The van der Waals surface area contributed by atoms with Crippen LogP contribution in [0, 0.1) is 0 Å². The Morgan fingerprint density at radius 1 is 1.33 bits per heavy atom. The molecular weight excluding hydrogens is 296 g/mol. The summed E-state index contributed by atoms with van der Waals surface area (Å²) in [6.07, 6.45) is 0. The molecule has 0 bridgehead atoms. The summed E-state index contributed by atoms with van der Waals surface area (Å²) in [7, 11) is 0. The first-order chi connectivity index (χ1) is 10.3. The van der Waals surface area contributed by atoms with E-state index in [1.807, 2.05) is 18.2 Å². The molecule has 0 atom stereocenters. The minimum atomic E-state index is -0.493. The van der Waals surface area contributed by atoms with Gasteiger partial charge in [0.2, 0.25) is 11.8 Å². The van der Waals surface area contributed by atoms with Gasteiger partial charge in [-0.3, -0.25) is 0 Å². The molecule has 1 aromatic heterocycles. The van der Waals surface area contributed by atoms with E-state index in [9.17, 15) is 4.79 Å². The molecule has 1 aliphatic heterocycles. The van der Waals surface area contributed by atoms with Crippen molar-refractivity contribution in [3.63, 3.8) is 0 Å². The van der Waals surface area contributed by atoms with Crippen molar-refractivity contribution in [2.24, 2.45) is 0 Å². The van der Waals surface area contributed by atoms with Crippen LogP contribution in [0.3, 0.4) is 0 Å². The summed E-state index contributed by atoms with van der Waals surface area (Å²) in [5.41, 5.74) is 0.909. The summed E-state index contributed by atoms with van der Waals surface area (Å²) in [6.45, 7) is 2.56. The molecule has 0 unspecified atom stereocenters. The number of esters is 1. The normalized spacial score (nSPS) is 12.2. The molecular formula is C13H12N2O5S. The lowest BCUT2D eigenvalue weighted by Gasteiger charge is -2.03. The van der Waals surface area contributed by atoms with E-state index in [0.717, 1.165) is 22.6 Å². The molecule has 0 fully saturated rings. The van der Waals surface area contributed by atoms with E-state index in [4.69, 9.17) is 18.9 Å². The lowest BCUT2D eigenvalue weighted by molar-refractivity contribution is 0.0525. The van der Waals surface area contributed by atoms with E-state index < -0.39 is 5.97 Å². The maximum Gasteiger partial charge on any atom is 0.369 e. The number of aromatic nitrogens is 2. The maximum absolute atomic E-state index is 11.5. The molecule has 0 radical (unpaired) electrons. The monoisotopic (exact) mass is 308 g/mol. The maximum atomic E-state index is 11.5. The Bertz CT molecular complexity index is 658. The molecule has 0 saturated carbocycles. The number of ether oxygens (including phenoxy) is 4. The second-order valence-corrected chi connectivity index (χ2v) is 5.01. The van der Waals surface area contributed by atoms with Crippen LogP contribution in [0.15, 0.2) is 18.2 Å². The largest absolute Gasteiger partial charge is 0.464 e. The van der Waals surface area contributed by atoms with Crippen molar-refractivity contribution in [2.75, 3.05) is 13.4 Å². The molecule has 7 nitrogen and oxygen atoms in total. The van der Waals surface area contributed by atoms with E-state index in [2.05, 4.69) is 10.2 Å². The van der Waals surface area contributed by atoms with Crippen LogP contribution >= 0.6 is 11.3 Å². The van der Waals surface area contributed by atoms with Crippen LogP contribution < -0.4 is 14.2 Å². The predicted octanol–water partition coefficient (Wildman–Crippen LogP) is 2.02. The fourth-order valence-corrected chi connectivity index (χ4v) is 2.31. The first-order valence-corrected chi connectivity index (χ1v) is 7.10. The molecule has 0 spiro atoms. The molecule has 1 aliphatic rings. The van der Waals surface area contributed by atoms with Gasteiger partial charge in [0.25, 0.3) is 5.19 Å². The van der Waals surface area contributed by atoms with E-state index in [-0.39, 0.29) is 11.8 Å². The topological polar surface area (TPSA) is 79.8 Å². The van der Waals surface area contributed by atoms with Crippen LogP contribution in [0.2, 0.25) is 0 Å². The standard InChI is InChI=1S/C13H12N2O5S/c1-2-17-12(16)11-14-15-13(21-11)18-6-8-3-4-9-10(5-8)20-7-19-9/h3-5H,2,6-7H2,1H3. The van der Waals surface area contributed by atoms with Gasteiger partial charge in [-0.1, -0.05) is 11.2 Å².